The highest BCUT2D eigenvalue weighted by Crippen LogP contribution is 2.32. The van der Waals surface area contributed by atoms with Gasteiger partial charge in [0, 0.05) is 11.4 Å². The van der Waals surface area contributed by atoms with E-state index in [0.717, 1.165) is 21.3 Å². The van der Waals surface area contributed by atoms with E-state index in [-0.39, 0.29) is 29.5 Å². The number of carbonyl (C=O) groups excluding carboxylic acids is 1. The highest BCUT2D eigenvalue weighted by atomic mass is 35.5. The molecule has 32 heavy (non-hydrogen) atoms. The van der Waals surface area contributed by atoms with E-state index in [0.29, 0.717) is 15.9 Å². The molecule has 0 radical (unpaired) electrons. The molecule has 0 N–H and O–H groups in total. The van der Waals surface area contributed by atoms with Gasteiger partial charge in [0.15, 0.2) is 15.0 Å². The Morgan fingerprint density at radius 1 is 1.12 bits per heavy atom. The molecular weight excluding hydrogens is 468 g/mol. The van der Waals surface area contributed by atoms with E-state index in [1.807, 2.05) is 26.0 Å². The van der Waals surface area contributed by atoms with Gasteiger partial charge in [-0.3, -0.25) is 9.69 Å². The molecule has 6 nitrogen and oxygen atoms in total. The third-order valence-electron chi connectivity index (χ3n) is 5.18. The Hall–Kier alpha value is -2.68. The fourth-order valence-corrected chi connectivity index (χ4v) is 5.64. The van der Waals surface area contributed by atoms with E-state index in [1.165, 1.54) is 46.8 Å². The number of hydrogen-bond acceptors (Lipinski definition) is 6. The van der Waals surface area contributed by atoms with Crippen molar-refractivity contribution >= 4 is 54.0 Å². The molecule has 0 aliphatic carbocycles. The SMILES string of the molecule is Cc1cc2nc(N(Cc3ccco3)C(=O)CCS(=O)(=O)c3ccc(Cl)cc3)sc2cc1C. The van der Waals surface area contributed by atoms with Crippen LogP contribution in [-0.2, 0) is 21.2 Å². The molecule has 0 atom stereocenters. The van der Waals surface area contributed by atoms with E-state index in [4.69, 9.17) is 16.0 Å². The average molecular weight is 489 g/mol. The monoisotopic (exact) mass is 488 g/mol. The van der Waals surface area contributed by atoms with Crippen molar-refractivity contribution in [1.29, 1.82) is 0 Å². The van der Waals surface area contributed by atoms with E-state index in [9.17, 15) is 13.2 Å². The number of anilines is 1. The molecule has 0 saturated carbocycles. The van der Waals surface area contributed by atoms with E-state index in [1.54, 1.807) is 12.1 Å². The Balaban J connectivity index is 1.60. The Labute approximate surface area is 195 Å². The summed E-state index contributed by atoms with van der Waals surface area (Å²) in [6.45, 7) is 4.22. The molecule has 9 heteroatoms. The first-order chi connectivity index (χ1) is 15.2. The Morgan fingerprint density at radius 2 is 1.84 bits per heavy atom. The molecule has 0 aliphatic heterocycles. The van der Waals surface area contributed by atoms with Crippen LogP contribution in [0.5, 0.6) is 0 Å². The average Bonchev–Trinajstić information content (AvgIpc) is 3.40. The van der Waals surface area contributed by atoms with Crippen molar-refractivity contribution in [1.82, 2.24) is 4.98 Å². The fourth-order valence-electron chi connectivity index (χ4n) is 3.22. The summed E-state index contributed by atoms with van der Waals surface area (Å²) in [6, 6.07) is 13.5. The largest absolute Gasteiger partial charge is 0.467 e. The summed E-state index contributed by atoms with van der Waals surface area (Å²) in [5.74, 6) is -0.0671. The van der Waals surface area contributed by atoms with Crippen LogP contribution < -0.4 is 4.90 Å². The van der Waals surface area contributed by atoms with Crippen LogP contribution in [0.2, 0.25) is 5.02 Å². The topological polar surface area (TPSA) is 80.5 Å². The molecule has 2 heterocycles. The first-order valence-corrected chi connectivity index (χ1v) is 12.8. The van der Waals surface area contributed by atoms with Gasteiger partial charge >= 0.3 is 0 Å². The quantitative estimate of drug-likeness (QED) is 0.340. The van der Waals surface area contributed by atoms with Crippen molar-refractivity contribution in [2.24, 2.45) is 0 Å². The Bertz CT molecular complexity index is 1320. The number of rotatable bonds is 7. The zero-order valence-corrected chi connectivity index (χ0v) is 19.9. The van der Waals surface area contributed by atoms with Crippen LogP contribution in [0.25, 0.3) is 10.2 Å². The van der Waals surface area contributed by atoms with Crippen LogP contribution in [0.4, 0.5) is 5.13 Å². The second-order valence-electron chi connectivity index (χ2n) is 7.48. The molecule has 0 saturated heterocycles. The molecule has 1 amide bonds. The number of amides is 1. The van der Waals surface area contributed by atoms with Crippen LogP contribution >= 0.6 is 22.9 Å². The van der Waals surface area contributed by atoms with E-state index >= 15 is 0 Å². The summed E-state index contributed by atoms with van der Waals surface area (Å²) in [5, 5.41) is 0.959. The molecule has 166 valence electrons. The lowest BCUT2D eigenvalue weighted by Crippen LogP contribution is -2.31. The fraction of sp³-hybridized carbons (Fsp3) is 0.217. The molecule has 4 aromatic rings. The third kappa shape index (κ3) is 4.87. The highest BCUT2D eigenvalue weighted by Gasteiger charge is 2.24. The van der Waals surface area contributed by atoms with Crippen LogP contribution in [0.3, 0.4) is 0 Å². The molecular formula is C23H21ClN2O4S2. The Kier molecular flexibility index (Phi) is 6.37. The lowest BCUT2D eigenvalue weighted by Gasteiger charge is -2.18. The van der Waals surface area contributed by atoms with Gasteiger partial charge in [0.05, 0.1) is 33.7 Å². The van der Waals surface area contributed by atoms with Crippen molar-refractivity contribution in [2.75, 3.05) is 10.7 Å². The number of aryl methyl sites for hydroxylation is 2. The number of aromatic nitrogens is 1. The van der Waals surface area contributed by atoms with Crippen LogP contribution in [0, 0.1) is 13.8 Å². The van der Waals surface area contributed by atoms with Gasteiger partial charge in [-0.25, -0.2) is 13.4 Å². The van der Waals surface area contributed by atoms with Gasteiger partial charge < -0.3 is 4.42 Å². The molecule has 0 fully saturated rings. The summed E-state index contributed by atoms with van der Waals surface area (Å²) in [4.78, 5) is 19.5. The minimum absolute atomic E-state index is 0.137. The maximum Gasteiger partial charge on any atom is 0.230 e. The van der Waals surface area contributed by atoms with Crippen molar-refractivity contribution in [2.45, 2.75) is 31.7 Å². The second kappa shape index (κ2) is 9.05. The maximum atomic E-state index is 13.2. The second-order valence-corrected chi connectivity index (χ2v) is 11.0. The standard InChI is InChI=1S/C23H21ClN2O4S2/c1-15-12-20-21(13-16(15)2)31-23(25-20)26(14-18-4-3-10-30-18)22(27)9-11-32(28,29)19-7-5-17(24)6-8-19/h3-8,10,12-13H,9,11,14H2,1-2H3. The van der Waals surface area contributed by atoms with Crippen LogP contribution in [-0.4, -0.2) is 25.1 Å². The van der Waals surface area contributed by atoms with Gasteiger partial charge in [-0.15, -0.1) is 0 Å². The molecule has 2 aromatic carbocycles. The third-order valence-corrected chi connectivity index (χ3v) is 8.20. The molecule has 4 rings (SSSR count). The highest BCUT2D eigenvalue weighted by molar-refractivity contribution is 7.91. The summed E-state index contributed by atoms with van der Waals surface area (Å²) in [5.41, 5.74) is 3.07. The van der Waals surface area contributed by atoms with Gasteiger partial charge in [-0.2, -0.15) is 0 Å². The normalized spacial score (nSPS) is 11.7. The summed E-state index contributed by atoms with van der Waals surface area (Å²) >= 11 is 7.25. The van der Waals surface area contributed by atoms with Crippen molar-refractivity contribution in [3.05, 3.63) is 76.7 Å². The van der Waals surface area contributed by atoms with Gasteiger partial charge in [-0.05, 0) is 73.5 Å². The van der Waals surface area contributed by atoms with Gasteiger partial charge in [0.25, 0.3) is 0 Å². The number of benzene rings is 2. The summed E-state index contributed by atoms with van der Waals surface area (Å²) < 4.78 is 31.8. The smallest absolute Gasteiger partial charge is 0.230 e. The molecule has 0 aliphatic rings. The van der Waals surface area contributed by atoms with Crippen LogP contribution in [0.1, 0.15) is 23.3 Å². The number of furan rings is 1. The number of fused-ring (bicyclic) bond motifs is 1. The summed E-state index contributed by atoms with van der Waals surface area (Å²) in [6.07, 6.45) is 1.35. The minimum atomic E-state index is -3.63. The number of carbonyl (C=O) groups is 1. The summed E-state index contributed by atoms with van der Waals surface area (Å²) in [7, 11) is -3.63. The molecule has 0 unspecified atom stereocenters. The van der Waals surface area contributed by atoms with Gasteiger partial charge in [0.2, 0.25) is 5.91 Å². The maximum absolute atomic E-state index is 13.2. The molecule has 0 bridgehead atoms. The number of sulfone groups is 1. The lowest BCUT2D eigenvalue weighted by molar-refractivity contribution is -0.118. The number of halogens is 1. The van der Waals surface area contributed by atoms with Crippen molar-refractivity contribution in [3.63, 3.8) is 0 Å². The zero-order chi connectivity index (χ0) is 22.9. The van der Waals surface area contributed by atoms with Crippen molar-refractivity contribution in [3.8, 4) is 0 Å². The number of thiazole rings is 1. The van der Waals surface area contributed by atoms with Crippen molar-refractivity contribution < 1.29 is 17.6 Å². The van der Waals surface area contributed by atoms with E-state index in [2.05, 4.69) is 4.98 Å². The van der Waals surface area contributed by atoms with Crippen LogP contribution in [0.15, 0.2) is 64.1 Å². The lowest BCUT2D eigenvalue weighted by atomic mass is 10.1. The number of hydrogen-bond donors (Lipinski definition) is 0. The van der Waals surface area contributed by atoms with Gasteiger partial charge in [0.1, 0.15) is 5.76 Å². The van der Waals surface area contributed by atoms with Gasteiger partial charge in [-0.1, -0.05) is 22.9 Å². The molecule has 2 aromatic heterocycles. The number of nitrogens with zero attached hydrogens (tertiary/aromatic N) is 2. The minimum Gasteiger partial charge on any atom is -0.467 e. The predicted molar refractivity (Wildman–Crippen MR) is 127 cm³/mol. The first-order valence-electron chi connectivity index (χ1n) is 9.92. The van der Waals surface area contributed by atoms with E-state index < -0.39 is 9.84 Å². The predicted octanol–water partition coefficient (Wildman–Crippen LogP) is 5.56. The zero-order valence-electron chi connectivity index (χ0n) is 17.5. The first kappa shape index (κ1) is 22.5. The molecule has 0 spiro atoms. The Morgan fingerprint density at radius 3 is 2.53 bits per heavy atom.